The van der Waals surface area contributed by atoms with Crippen LogP contribution in [0.25, 0.3) is 0 Å². The van der Waals surface area contributed by atoms with Gasteiger partial charge in [0.25, 0.3) is 11.8 Å². The first kappa shape index (κ1) is 21.0. The van der Waals surface area contributed by atoms with Crippen LogP contribution >= 0.6 is 11.6 Å². The van der Waals surface area contributed by atoms with Crippen molar-refractivity contribution in [2.24, 2.45) is 5.41 Å². The Morgan fingerprint density at radius 3 is 2.50 bits per heavy atom. The van der Waals surface area contributed by atoms with E-state index in [4.69, 9.17) is 11.6 Å². The molecule has 3 N–H and O–H groups in total. The highest BCUT2D eigenvalue weighted by molar-refractivity contribution is 6.31. The number of rotatable bonds is 5. The van der Waals surface area contributed by atoms with Crippen LogP contribution in [0.4, 0.5) is 5.69 Å². The van der Waals surface area contributed by atoms with Crippen LogP contribution < -0.4 is 15.5 Å². The number of halogens is 1. The summed E-state index contributed by atoms with van der Waals surface area (Å²) >= 11 is 6.11. The molecule has 3 amide bonds. The minimum atomic E-state index is -0.368. The minimum absolute atomic E-state index is 0.0382. The van der Waals surface area contributed by atoms with Crippen molar-refractivity contribution in [3.8, 4) is 0 Å². The summed E-state index contributed by atoms with van der Waals surface area (Å²) in [7, 11) is 0. The Hall–Kier alpha value is -2.87. The van der Waals surface area contributed by atoms with Gasteiger partial charge in [0.2, 0.25) is 5.91 Å². The number of hydrogen-bond donors (Lipinski definition) is 3. The molecule has 3 aliphatic rings. The number of amides is 3. The fourth-order valence-corrected chi connectivity index (χ4v) is 5.05. The fourth-order valence-electron chi connectivity index (χ4n) is 4.87. The van der Waals surface area contributed by atoms with E-state index >= 15 is 0 Å². The first-order valence-electron chi connectivity index (χ1n) is 11.2. The molecule has 8 nitrogen and oxygen atoms in total. The van der Waals surface area contributed by atoms with Crippen molar-refractivity contribution in [2.45, 2.75) is 57.0 Å². The standard InChI is InChI=1S/C23H26ClN5O3/c24-14-2-1-3-17(12-14)29-11-10-23(22(29)32)8-6-16(7-9-23)28-21(31)19-18(25-13-26-19)20(30)27-15-4-5-15/h1-3,12-13,15-16H,4-11H2,(H,25,26)(H,27,30)(H,28,31)/t16-,23-. The van der Waals surface area contributed by atoms with E-state index in [2.05, 4.69) is 20.6 Å². The van der Waals surface area contributed by atoms with Gasteiger partial charge in [0, 0.05) is 29.3 Å². The van der Waals surface area contributed by atoms with Crippen LogP contribution in [-0.2, 0) is 4.79 Å². The van der Waals surface area contributed by atoms with Crippen LogP contribution in [0.2, 0.25) is 5.02 Å². The SMILES string of the molecule is O=C(NC1CC1)c1nc[nH]c1C(=O)N[C@H]1CC[C@@]2(CCN(c3cccc(Cl)c3)C2=O)CC1. The van der Waals surface area contributed by atoms with Crippen LogP contribution in [0.5, 0.6) is 0 Å². The minimum Gasteiger partial charge on any atom is -0.348 e. The van der Waals surface area contributed by atoms with Crippen molar-refractivity contribution >= 4 is 35.0 Å². The Kier molecular flexibility index (Phi) is 5.41. The van der Waals surface area contributed by atoms with E-state index in [1.807, 2.05) is 23.1 Å². The van der Waals surface area contributed by atoms with Crippen LogP contribution in [0.3, 0.4) is 0 Å². The van der Waals surface area contributed by atoms with E-state index in [9.17, 15) is 14.4 Å². The molecule has 2 heterocycles. The molecule has 1 aliphatic heterocycles. The number of nitrogens with one attached hydrogen (secondary N) is 3. The molecule has 1 aromatic carbocycles. The lowest BCUT2D eigenvalue weighted by molar-refractivity contribution is -0.127. The smallest absolute Gasteiger partial charge is 0.272 e. The van der Waals surface area contributed by atoms with Gasteiger partial charge in [-0.2, -0.15) is 0 Å². The van der Waals surface area contributed by atoms with Crippen molar-refractivity contribution in [2.75, 3.05) is 11.4 Å². The topological polar surface area (TPSA) is 107 Å². The Labute approximate surface area is 191 Å². The first-order valence-corrected chi connectivity index (χ1v) is 11.6. The predicted octanol–water partition coefficient (Wildman–Crippen LogP) is 3.05. The van der Waals surface area contributed by atoms with Gasteiger partial charge in [0.1, 0.15) is 5.69 Å². The number of aromatic amines is 1. The molecule has 5 rings (SSSR count). The molecule has 32 heavy (non-hydrogen) atoms. The maximum Gasteiger partial charge on any atom is 0.272 e. The van der Waals surface area contributed by atoms with Gasteiger partial charge < -0.3 is 20.5 Å². The van der Waals surface area contributed by atoms with Crippen molar-refractivity contribution in [1.82, 2.24) is 20.6 Å². The van der Waals surface area contributed by atoms with Crippen molar-refractivity contribution in [3.05, 3.63) is 47.0 Å². The number of H-pyrrole nitrogens is 1. The number of nitrogens with zero attached hydrogens (tertiary/aromatic N) is 2. The quantitative estimate of drug-likeness (QED) is 0.644. The summed E-state index contributed by atoms with van der Waals surface area (Å²) in [4.78, 5) is 47.0. The number of benzene rings is 1. The lowest BCUT2D eigenvalue weighted by Crippen LogP contribution is -2.44. The van der Waals surface area contributed by atoms with Gasteiger partial charge >= 0.3 is 0 Å². The summed E-state index contributed by atoms with van der Waals surface area (Å²) in [6.07, 6.45) is 7.01. The average Bonchev–Trinajstić information content (AvgIpc) is 3.35. The highest BCUT2D eigenvalue weighted by Gasteiger charge is 2.48. The Balaban J connectivity index is 1.19. The number of anilines is 1. The van der Waals surface area contributed by atoms with Gasteiger partial charge in [-0.25, -0.2) is 4.98 Å². The number of aromatic nitrogens is 2. The molecule has 1 spiro atoms. The summed E-state index contributed by atoms with van der Waals surface area (Å²) in [6.45, 7) is 0.684. The second-order valence-electron chi connectivity index (χ2n) is 9.09. The van der Waals surface area contributed by atoms with Gasteiger partial charge in [-0.05, 0) is 63.1 Å². The molecule has 1 saturated heterocycles. The number of imidazole rings is 1. The molecule has 2 saturated carbocycles. The molecular formula is C23H26ClN5O3. The monoisotopic (exact) mass is 455 g/mol. The normalized spacial score (nSPS) is 25.2. The van der Waals surface area contributed by atoms with E-state index in [0.717, 1.165) is 50.6 Å². The van der Waals surface area contributed by atoms with E-state index in [-0.39, 0.29) is 46.6 Å². The molecular weight excluding hydrogens is 430 g/mol. The summed E-state index contributed by atoms with van der Waals surface area (Å²) in [6, 6.07) is 7.55. The van der Waals surface area contributed by atoms with Gasteiger partial charge in [-0.1, -0.05) is 17.7 Å². The van der Waals surface area contributed by atoms with E-state index in [0.29, 0.717) is 11.6 Å². The lowest BCUT2D eigenvalue weighted by Gasteiger charge is -2.36. The summed E-state index contributed by atoms with van der Waals surface area (Å²) < 4.78 is 0. The summed E-state index contributed by atoms with van der Waals surface area (Å²) in [5.74, 6) is -0.501. The first-order chi connectivity index (χ1) is 15.4. The Morgan fingerprint density at radius 1 is 1.06 bits per heavy atom. The zero-order valence-electron chi connectivity index (χ0n) is 17.7. The molecule has 2 aliphatic carbocycles. The van der Waals surface area contributed by atoms with Gasteiger partial charge in [-0.3, -0.25) is 14.4 Å². The molecule has 0 bridgehead atoms. The maximum absolute atomic E-state index is 13.3. The molecule has 1 aromatic heterocycles. The third-order valence-electron chi connectivity index (χ3n) is 6.90. The van der Waals surface area contributed by atoms with Crippen LogP contribution in [0, 0.1) is 5.41 Å². The number of carbonyl (C=O) groups excluding carboxylic acids is 3. The van der Waals surface area contributed by atoms with Crippen LogP contribution in [0.1, 0.15) is 65.9 Å². The maximum atomic E-state index is 13.3. The van der Waals surface area contributed by atoms with Gasteiger partial charge in [-0.15, -0.1) is 0 Å². The third kappa shape index (κ3) is 3.99. The molecule has 0 unspecified atom stereocenters. The van der Waals surface area contributed by atoms with Crippen molar-refractivity contribution in [1.29, 1.82) is 0 Å². The number of hydrogen-bond acceptors (Lipinski definition) is 4. The zero-order chi connectivity index (χ0) is 22.3. The second-order valence-corrected chi connectivity index (χ2v) is 9.53. The van der Waals surface area contributed by atoms with Crippen LogP contribution in [0.15, 0.2) is 30.6 Å². The molecule has 0 atom stereocenters. The molecule has 9 heteroatoms. The van der Waals surface area contributed by atoms with Crippen molar-refractivity contribution in [3.63, 3.8) is 0 Å². The van der Waals surface area contributed by atoms with Crippen molar-refractivity contribution < 1.29 is 14.4 Å². The van der Waals surface area contributed by atoms with E-state index in [1.54, 1.807) is 6.07 Å². The second kappa shape index (κ2) is 8.24. The average molecular weight is 456 g/mol. The molecule has 0 radical (unpaired) electrons. The van der Waals surface area contributed by atoms with Crippen LogP contribution in [-0.4, -0.2) is 46.3 Å². The lowest BCUT2D eigenvalue weighted by atomic mass is 9.71. The summed E-state index contributed by atoms with van der Waals surface area (Å²) in [5.41, 5.74) is 0.788. The Morgan fingerprint density at radius 2 is 1.78 bits per heavy atom. The highest BCUT2D eigenvalue weighted by Crippen LogP contribution is 2.46. The largest absolute Gasteiger partial charge is 0.348 e. The van der Waals surface area contributed by atoms with E-state index in [1.165, 1.54) is 6.33 Å². The molecule has 3 fully saturated rings. The fraction of sp³-hybridized carbons (Fsp3) is 0.478. The predicted molar refractivity (Wildman–Crippen MR) is 120 cm³/mol. The Bertz CT molecular complexity index is 1060. The zero-order valence-corrected chi connectivity index (χ0v) is 18.5. The van der Waals surface area contributed by atoms with E-state index < -0.39 is 0 Å². The summed E-state index contributed by atoms with van der Waals surface area (Å²) in [5, 5.41) is 6.50. The molecule has 168 valence electrons. The third-order valence-corrected chi connectivity index (χ3v) is 7.14. The van der Waals surface area contributed by atoms with Gasteiger partial charge in [0.15, 0.2) is 5.69 Å². The number of carbonyl (C=O) groups is 3. The van der Waals surface area contributed by atoms with Gasteiger partial charge in [0.05, 0.1) is 11.7 Å². The highest BCUT2D eigenvalue weighted by atomic mass is 35.5. The molecule has 2 aromatic rings.